The van der Waals surface area contributed by atoms with Crippen LogP contribution in [0.2, 0.25) is 10.0 Å². The van der Waals surface area contributed by atoms with E-state index in [2.05, 4.69) is 0 Å². The quantitative estimate of drug-likeness (QED) is 0.874. The van der Waals surface area contributed by atoms with Gasteiger partial charge >= 0.3 is 0 Å². The summed E-state index contributed by atoms with van der Waals surface area (Å²) in [4.78, 5) is 0.575. The third-order valence-electron chi connectivity index (χ3n) is 2.45. The summed E-state index contributed by atoms with van der Waals surface area (Å²) in [5, 5.41) is 1.03. The first-order chi connectivity index (χ1) is 8.58. The number of nitrogens with two attached hydrogens (primary N) is 1. The van der Waals surface area contributed by atoms with Gasteiger partial charge in [-0.3, -0.25) is 4.21 Å². The molecular weight excluding hydrogens is 289 g/mol. The second-order valence-corrected chi connectivity index (χ2v) is 6.01. The molecule has 2 N–H and O–H groups in total. The van der Waals surface area contributed by atoms with Gasteiger partial charge < -0.3 is 5.73 Å². The van der Waals surface area contributed by atoms with Crippen molar-refractivity contribution in [2.75, 3.05) is 5.73 Å². The maximum absolute atomic E-state index is 12.2. The summed E-state index contributed by atoms with van der Waals surface area (Å²) in [6, 6.07) is 12.3. The lowest BCUT2D eigenvalue weighted by atomic mass is 10.2. The highest BCUT2D eigenvalue weighted by Crippen LogP contribution is 2.25. The molecule has 2 rings (SSSR count). The number of anilines is 1. The number of rotatable bonds is 3. The topological polar surface area (TPSA) is 43.1 Å². The molecule has 0 fully saturated rings. The van der Waals surface area contributed by atoms with E-state index < -0.39 is 10.8 Å². The zero-order chi connectivity index (χ0) is 13.1. The van der Waals surface area contributed by atoms with E-state index in [1.54, 1.807) is 24.3 Å². The zero-order valence-electron chi connectivity index (χ0n) is 9.40. The molecule has 2 aromatic rings. The molecule has 0 bridgehead atoms. The smallest absolute Gasteiger partial charge is 0.0589 e. The third kappa shape index (κ3) is 3.05. The van der Waals surface area contributed by atoms with Crippen molar-refractivity contribution in [3.05, 3.63) is 58.1 Å². The second kappa shape index (κ2) is 5.74. The van der Waals surface area contributed by atoms with Gasteiger partial charge in [0.05, 0.1) is 26.5 Å². The number of halogens is 2. The Morgan fingerprint density at radius 1 is 1.06 bits per heavy atom. The summed E-state index contributed by atoms with van der Waals surface area (Å²) >= 11 is 12.1. The average Bonchev–Trinajstić information content (AvgIpc) is 2.32. The van der Waals surface area contributed by atoms with E-state index in [9.17, 15) is 4.21 Å². The highest BCUT2D eigenvalue weighted by Gasteiger charge is 2.11. The van der Waals surface area contributed by atoms with Gasteiger partial charge in [0.25, 0.3) is 0 Å². The molecule has 2 nitrogen and oxygen atoms in total. The number of benzene rings is 2. The van der Waals surface area contributed by atoms with Crippen LogP contribution in [0.25, 0.3) is 0 Å². The van der Waals surface area contributed by atoms with Crippen LogP contribution in [0.3, 0.4) is 0 Å². The van der Waals surface area contributed by atoms with Crippen LogP contribution in [0.1, 0.15) is 5.56 Å². The summed E-state index contributed by atoms with van der Waals surface area (Å²) in [5.74, 6) is 0.337. The first kappa shape index (κ1) is 13.4. The molecule has 0 saturated carbocycles. The van der Waals surface area contributed by atoms with Crippen LogP contribution in [-0.4, -0.2) is 4.21 Å². The SMILES string of the molecule is Nc1ccc(S(=O)Cc2ccccc2Cl)c(Cl)c1. The molecule has 1 atom stereocenters. The predicted molar refractivity (Wildman–Crippen MR) is 77.4 cm³/mol. The van der Waals surface area contributed by atoms with Gasteiger partial charge in [-0.05, 0) is 29.8 Å². The molecule has 0 aliphatic heterocycles. The third-order valence-corrected chi connectivity index (χ3v) is 4.66. The maximum Gasteiger partial charge on any atom is 0.0589 e. The van der Waals surface area contributed by atoms with Crippen LogP contribution in [0.5, 0.6) is 0 Å². The maximum atomic E-state index is 12.2. The normalized spacial score (nSPS) is 12.3. The monoisotopic (exact) mass is 299 g/mol. The van der Waals surface area contributed by atoms with Crippen LogP contribution in [0, 0.1) is 0 Å². The Bertz CT molecular complexity index is 601. The molecule has 0 amide bonds. The van der Waals surface area contributed by atoms with Crippen LogP contribution in [0.4, 0.5) is 5.69 Å². The Balaban J connectivity index is 2.25. The molecule has 2 aromatic carbocycles. The van der Waals surface area contributed by atoms with Crippen LogP contribution in [0.15, 0.2) is 47.4 Å². The van der Waals surface area contributed by atoms with Gasteiger partial charge in [0.1, 0.15) is 0 Å². The Hall–Kier alpha value is -1.03. The van der Waals surface area contributed by atoms with E-state index in [4.69, 9.17) is 28.9 Å². The molecule has 0 aromatic heterocycles. The first-order valence-electron chi connectivity index (χ1n) is 5.25. The fourth-order valence-electron chi connectivity index (χ4n) is 1.54. The lowest BCUT2D eigenvalue weighted by Crippen LogP contribution is -1.98. The lowest BCUT2D eigenvalue weighted by Gasteiger charge is -2.07. The lowest BCUT2D eigenvalue weighted by molar-refractivity contribution is 0.682. The van der Waals surface area contributed by atoms with Gasteiger partial charge in [-0.2, -0.15) is 0 Å². The molecular formula is C13H11Cl2NOS. The molecule has 0 heterocycles. The fraction of sp³-hybridized carbons (Fsp3) is 0.0769. The van der Waals surface area contributed by atoms with Crippen molar-refractivity contribution in [2.45, 2.75) is 10.6 Å². The minimum absolute atomic E-state index is 0.337. The second-order valence-electron chi connectivity index (χ2n) is 3.77. The van der Waals surface area contributed by atoms with Crippen molar-refractivity contribution in [2.24, 2.45) is 0 Å². The fourth-order valence-corrected chi connectivity index (χ4v) is 3.45. The Labute approximate surface area is 118 Å². The summed E-state index contributed by atoms with van der Waals surface area (Å²) in [6.07, 6.45) is 0. The molecule has 0 aliphatic carbocycles. The Kier molecular flexibility index (Phi) is 4.27. The molecule has 5 heteroatoms. The standard InChI is InChI=1S/C13H11Cl2NOS/c14-11-4-2-1-3-9(11)8-18(17)13-6-5-10(16)7-12(13)15/h1-7H,8,16H2. The van der Waals surface area contributed by atoms with Crippen LogP contribution >= 0.6 is 23.2 Å². The van der Waals surface area contributed by atoms with Gasteiger partial charge in [0, 0.05) is 10.7 Å². The summed E-state index contributed by atoms with van der Waals surface area (Å²) < 4.78 is 12.2. The summed E-state index contributed by atoms with van der Waals surface area (Å²) in [6.45, 7) is 0. The minimum Gasteiger partial charge on any atom is -0.399 e. The Morgan fingerprint density at radius 3 is 2.44 bits per heavy atom. The van der Waals surface area contributed by atoms with E-state index in [1.165, 1.54) is 0 Å². The first-order valence-corrected chi connectivity index (χ1v) is 7.32. The largest absolute Gasteiger partial charge is 0.399 e. The molecule has 0 radical (unpaired) electrons. The number of hydrogen-bond donors (Lipinski definition) is 1. The molecule has 0 spiro atoms. The van der Waals surface area contributed by atoms with Crippen molar-refractivity contribution in [1.82, 2.24) is 0 Å². The van der Waals surface area contributed by atoms with Crippen LogP contribution < -0.4 is 5.73 Å². The van der Waals surface area contributed by atoms with E-state index in [0.717, 1.165) is 5.56 Å². The van der Waals surface area contributed by atoms with Gasteiger partial charge in [-0.25, -0.2) is 0 Å². The Morgan fingerprint density at radius 2 is 1.78 bits per heavy atom. The van der Waals surface area contributed by atoms with Crippen molar-refractivity contribution in [3.8, 4) is 0 Å². The zero-order valence-corrected chi connectivity index (χ0v) is 11.7. The number of hydrogen-bond acceptors (Lipinski definition) is 2. The highest BCUT2D eigenvalue weighted by atomic mass is 35.5. The van der Waals surface area contributed by atoms with Crippen molar-refractivity contribution < 1.29 is 4.21 Å². The molecule has 94 valence electrons. The van der Waals surface area contributed by atoms with Gasteiger partial charge in [-0.15, -0.1) is 0 Å². The molecule has 18 heavy (non-hydrogen) atoms. The van der Waals surface area contributed by atoms with E-state index >= 15 is 0 Å². The van der Waals surface area contributed by atoms with Crippen LogP contribution in [-0.2, 0) is 16.6 Å². The average molecular weight is 300 g/mol. The molecule has 0 saturated heterocycles. The van der Waals surface area contributed by atoms with Crippen molar-refractivity contribution in [1.29, 1.82) is 0 Å². The van der Waals surface area contributed by atoms with Crippen molar-refractivity contribution in [3.63, 3.8) is 0 Å². The predicted octanol–water partition coefficient (Wildman–Crippen LogP) is 3.88. The highest BCUT2D eigenvalue weighted by molar-refractivity contribution is 7.84. The summed E-state index contributed by atoms with van der Waals surface area (Å²) in [5.41, 5.74) is 6.99. The van der Waals surface area contributed by atoms with Gasteiger partial charge in [-0.1, -0.05) is 41.4 Å². The van der Waals surface area contributed by atoms with Gasteiger partial charge in [0.15, 0.2) is 0 Å². The van der Waals surface area contributed by atoms with E-state index in [0.29, 0.717) is 26.4 Å². The van der Waals surface area contributed by atoms with Gasteiger partial charge in [0.2, 0.25) is 0 Å². The van der Waals surface area contributed by atoms with E-state index in [1.807, 2.05) is 18.2 Å². The van der Waals surface area contributed by atoms with E-state index in [-0.39, 0.29) is 0 Å². The minimum atomic E-state index is -1.24. The van der Waals surface area contributed by atoms with Crippen molar-refractivity contribution >= 4 is 39.7 Å². The molecule has 1 unspecified atom stereocenters. The summed E-state index contributed by atoms with van der Waals surface area (Å²) in [7, 11) is -1.24. The molecule has 0 aliphatic rings. The number of nitrogen functional groups attached to an aromatic ring is 1.